The number of imide groups is 2. The van der Waals surface area contributed by atoms with Crippen molar-refractivity contribution >= 4 is 35.4 Å². The summed E-state index contributed by atoms with van der Waals surface area (Å²) in [6.45, 7) is 6.76. The Hall–Kier alpha value is -5.97. The molecule has 4 aromatic carbocycles. The summed E-state index contributed by atoms with van der Waals surface area (Å²) in [5.41, 5.74) is 0.000370. The maximum Gasteiger partial charge on any atom is 0.327 e. The summed E-state index contributed by atoms with van der Waals surface area (Å²) in [5.74, 6) is -1.85. The number of amides is 6. The van der Waals surface area contributed by atoms with Gasteiger partial charge in [0.1, 0.15) is 16.9 Å². The lowest BCUT2D eigenvalue weighted by Gasteiger charge is -2.28. The molecule has 10 nitrogen and oxygen atoms in total. The molecule has 2 aliphatic rings. The van der Waals surface area contributed by atoms with Crippen molar-refractivity contribution in [3.8, 4) is 0 Å². The van der Waals surface area contributed by atoms with Gasteiger partial charge in [0.2, 0.25) is 0 Å². The second-order valence-corrected chi connectivity index (χ2v) is 13.0. The number of hydrogen-bond acceptors (Lipinski definition) is 6. The molecular formula is C42H45FN4O6. The topological polar surface area (TPSA) is 115 Å². The third-order valence-corrected chi connectivity index (χ3v) is 9.61. The molecule has 2 atom stereocenters. The van der Waals surface area contributed by atoms with Crippen molar-refractivity contribution in [2.75, 3.05) is 27.2 Å². The first-order valence-electron chi connectivity index (χ1n) is 17.4. The van der Waals surface area contributed by atoms with E-state index in [1.165, 1.54) is 22.9 Å². The molecule has 0 saturated carbocycles. The number of likely N-dealkylation sites (N-methyl/N-ethyl adjacent to an activating group) is 2. The predicted octanol–water partition coefficient (Wildman–Crippen LogP) is 6.69. The van der Waals surface area contributed by atoms with Crippen molar-refractivity contribution in [3.63, 3.8) is 0 Å². The molecule has 276 valence electrons. The molecule has 0 bridgehead atoms. The fraction of sp³-hybridized carbons (Fsp3) is 0.286. The van der Waals surface area contributed by atoms with Gasteiger partial charge in [-0.15, -0.1) is 0 Å². The minimum Gasteiger partial charge on any atom is -0.313 e. The lowest BCUT2D eigenvalue weighted by molar-refractivity contribution is -0.132. The van der Waals surface area contributed by atoms with E-state index in [0.717, 1.165) is 15.4 Å². The maximum atomic E-state index is 14.0. The zero-order chi connectivity index (χ0) is 38.9. The first-order chi connectivity index (χ1) is 25.3. The fourth-order valence-corrected chi connectivity index (χ4v) is 6.22. The van der Waals surface area contributed by atoms with Crippen LogP contribution in [0.15, 0.2) is 115 Å². The van der Waals surface area contributed by atoms with Gasteiger partial charge in [0.15, 0.2) is 11.6 Å². The Bertz CT molecular complexity index is 1960. The van der Waals surface area contributed by atoms with Crippen LogP contribution in [0.25, 0.3) is 0 Å². The van der Waals surface area contributed by atoms with Crippen molar-refractivity contribution in [2.24, 2.45) is 0 Å². The van der Waals surface area contributed by atoms with Crippen LogP contribution in [0.2, 0.25) is 0 Å². The zero-order valence-electron chi connectivity index (χ0n) is 30.9. The molecule has 2 saturated heterocycles. The molecule has 0 radical (unpaired) electrons. The van der Waals surface area contributed by atoms with Crippen LogP contribution in [0.5, 0.6) is 0 Å². The van der Waals surface area contributed by atoms with E-state index in [1.54, 1.807) is 93.7 Å². The largest absolute Gasteiger partial charge is 0.327 e. The van der Waals surface area contributed by atoms with Gasteiger partial charge in [-0.2, -0.15) is 0 Å². The van der Waals surface area contributed by atoms with E-state index in [1.807, 2.05) is 50.2 Å². The van der Waals surface area contributed by atoms with Gasteiger partial charge in [0.25, 0.3) is 11.8 Å². The monoisotopic (exact) mass is 720 g/mol. The van der Waals surface area contributed by atoms with Gasteiger partial charge < -0.3 is 9.80 Å². The number of rotatable bonds is 10. The lowest BCUT2D eigenvalue weighted by atomic mass is 9.91. The van der Waals surface area contributed by atoms with E-state index in [4.69, 9.17) is 0 Å². The highest BCUT2D eigenvalue weighted by Gasteiger charge is 2.54. The van der Waals surface area contributed by atoms with Gasteiger partial charge in [-0.05, 0) is 31.0 Å². The molecule has 53 heavy (non-hydrogen) atoms. The van der Waals surface area contributed by atoms with E-state index in [-0.39, 0.29) is 37.0 Å². The van der Waals surface area contributed by atoms with E-state index >= 15 is 0 Å². The van der Waals surface area contributed by atoms with Crippen molar-refractivity contribution in [1.82, 2.24) is 19.6 Å². The van der Waals surface area contributed by atoms with Crippen molar-refractivity contribution in [3.05, 3.63) is 143 Å². The number of urea groups is 2. The molecule has 4 aromatic rings. The van der Waals surface area contributed by atoms with E-state index in [0.29, 0.717) is 23.1 Å². The van der Waals surface area contributed by atoms with Crippen LogP contribution in [0.3, 0.4) is 0 Å². The molecule has 6 rings (SSSR count). The smallest absolute Gasteiger partial charge is 0.313 e. The van der Waals surface area contributed by atoms with Crippen LogP contribution in [0.1, 0.15) is 59.5 Å². The average Bonchev–Trinajstić information content (AvgIpc) is 3.44. The van der Waals surface area contributed by atoms with Crippen molar-refractivity contribution < 1.29 is 33.2 Å². The number of Topliss-reactive ketones (excluding diaryl/α,β-unsaturated/α-hetero) is 2. The molecule has 6 amide bonds. The minimum absolute atomic E-state index is 0.0385. The van der Waals surface area contributed by atoms with Crippen LogP contribution in [0, 0.1) is 5.82 Å². The molecule has 0 spiro atoms. The summed E-state index contributed by atoms with van der Waals surface area (Å²) in [7, 11) is 3.10. The second-order valence-electron chi connectivity index (χ2n) is 13.0. The Morgan fingerprint density at radius 2 is 0.906 bits per heavy atom. The number of halogens is 1. The Morgan fingerprint density at radius 3 is 1.32 bits per heavy atom. The van der Waals surface area contributed by atoms with E-state index < -0.39 is 34.9 Å². The number of hydrogen-bond donors (Lipinski definition) is 0. The Morgan fingerprint density at radius 1 is 0.547 bits per heavy atom. The summed E-state index contributed by atoms with van der Waals surface area (Å²) >= 11 is 0. The number of carbonyl (C=O) groups excluding carboxylic acids is 6. The standard InChI is InChI=1S/C20H19FN2O3.C20H20N2O3.C2H6/c1-20(12-15-10-6-7-11-16(15)21)18(25)23(19(26)22(20)2)13-17(24)14-8-4-3-5-9-14;1-20(13-15-9-5-3-6-10-15)18(24)22(19(25)21(20)2)14-17(23)16-11-7-4-8-12-16;1-2/h3-11H,12-13H2,1-2H3;3-12H,13-14H2,1-2H3;1-2H3/t;20-;/m.0./s1. The first-order valence-corrected chi connectivity index (χ1v) is 17.4. The summed E-state index contributed by atoms with van der Waals surface area (Å²) < 4.78 is 14.0. The summed E-state index contributed by atoms with van der Waals surface area (Å²) in [4.78, 5) is 80.5. The molecule has 1 unspecified atom stereocenters. The third kappa shape index (κ3) is 8.41. The molecule has 11 heteroatoms. The van der Waals surface area contributed by atoms with Crippen LogP contribution in [-0.2, 0) is 22.4 Å². The second kappa shape index (κ2) is 17.0. The first kappa shape index (κ1) is 39.8. The Labute approximate surface area is 309 Å². The Balaban J connectivity index is 0.000000226. The number of benzene rings is 4. The van der Waals surface area contributed by atoms with Gasteiger partial charge in [-0.3, -0.25) is 29.0 Å². The number of ketones is 2. The molecule has 0 aliphatic carbocycles. The normalized spacial score (nSPS) is 19.5. The minimum atomic E-state index is -1.24. The summed E-state index contributed by atoms with van der Waals surface area (Å²) in [6.07, 6.45) is 0.446. The van der Waals surface area contributed by atoms with Gasteiger partial charge >= 0.3 is 12.1 Å². The Kier molecular flexibility index (Phi) is 12.8. The average molecular weight is 721 g/mol. The molecule has 2 fully saturated rings. The van der Waals surface area contributed by atoms with E-state index in [9.17, 15) is 33.2 Å². The van der Waals surface area contributed by atoms with Crippen LogP contribution in [-0.4, -0.2) is 93.3 Å². The van der Waals surface area contributed by atoms with Crippen molar-refractivity contribution in [1.29, 1.82) is 0 Å². The molecule has 0 N–H and O–H groups in total. The van der Waals surface area contributed by atoms with E-state index in [2.05, 4.69) is 0 Å². The molecule has 2 heterocycles. The predicted molar refractivity (Wildman–Crippen MR) is 200 cm³/mol. The van der Waals surface area contributed by atoms with Crippen molar-refractivity contribution in [2.45, 2.75) is 51.6 Å². The SMILES string of the molecule is CC.CN1C(=O)N(CC(=O)c2ccccc2)C(=O)C1(C)Cc1ccccc1F.CN1C(=O)N(CC(=O)c2ccccc2)C(=O)[C@]1(C)Cc1ccccc1. The van der Waals surface area contributed by atoms with Gasteiger partial charge in [-0.25, -0.2) is 14.0 Å². The van der Waals surface area contributed by atoms with Gasteiger partial charge in [-0.1, -0.05) is 123 Å². The fourth-order valence-electron chi connectivity index (χ4n) is 6.22. The van der Waals surface area contributed by atoms with Crippen LogP contribution >= 0.6 is 0 Å². The summed E-state index contributed by atoms with van der Waals surface area (Å²) in [5, 5.41) is 0. The highest BCUT2D eigenvalue weighted by molar-refractivity contribution is 6.12. The highest BCUT2D eigenvalue weighted by Crippen LogP contribution is 2.32. The third-order valence-electron chi connectivity index (χ3n) is 9.61. The van der Waals surface area contributed by atoms with Crippen LogP contribution in [0.4, 0.5) is 14.0 Å². The quantitative estimate of drug-likeness (QED) is 0.133. The number of carbonyl (C=O) groups is 6. The highest BCUT2D eigenvalue weighted by atomic mass is 19.1. The lowest BCUT2D eigenvalue weighted by Crippen LogP contribution is -2.47. The van der Waals surface area contributed by atoms with Gasteiger partial charge in [0, 0.05) is 38.1 Å². The van der Waals surface area contributed by atoms with Gasteiger partial charge in [0.05, 0.1) is 13.1 Å². The zero-order valence-corrected chi connectivity index (χ0v) is 30.9. The number of nitrogens with zero attached hydrogens (tertiary/aromatic N) is 4. The summed E-state index contributed by atoms with van der Waals surface area (Å²) in [6, 6.07) is 31.9. The molecule has 2 aliphatic heterocycles. The maximum absolute atomic E-state index is 14.0. The van der Waals surface area contributed by atoms with Crippen LogP contribution < -0.4 is 0 Å². The molecule has 0 aromatic heterocycles. The molecular weight excluding hydrogens is 675 g/mol.